The van der Waals surface area contributed by atoms with Crippen molar-refractivity contribution in [3.8, 4) is 0 Å². The molecular formula is C14H21BrN2O2. The Labute approximate surface area is 123 Å². The van der Waals surface area contributed by atoms with Crippen LogP contribution in [0.4, 0.5) is 11.4 Å². The van der Waals surface area contributed by atoms with Gasteiger partial charge in [0.1, 0.15) is 5.69 Å². The van der Waals surface area contributed by atoms with Gasteiger partial charge in [-0.05, 0) is 24.0 Å². The van der Waals surface area contributed by atoms with Crippen molar-refractivity contribution in [3.63, 3.8) is 0 Å². The van der Waals surface area contributed by atoms with Gasteiger partial charge in [0.05, 0.1) is 4.92 Å². The summed E-state index contributed by atoms with van der Waals surface area (Å²) in [4.78, 5) is 12.9. The predicted molar refractivity (Wildman–Crippen MR) is 83.0 cm³/mol. The molecule has 0 heterocycles. The van der Waals surface area contributed by atoms with E-state index in [4.69, 9.17) is 0 Å². The molecule has 106 valence electrons. The number of alkyl halides is 1. The normalized spacial score (nSPS) is 13.2. The molecule has 0 bridgehead atoms. The molecule has 1 atom stereocenters. The number of halogens is 1. The zero-order chi connectivity index (χ0) is 14.8. The first-order valence-electron chi connectivity index (χ1n) is 6.24. The molecule has 1 aromatic carbocycles. The number of hydrogen-bond acceptors (Lipinski definition) is 3. The number of benzene rings is 1. The minimum Gasteiger partial charge on any atom is -0.366 e. The lowest BCUT2D eigenvalue weighted by Crippen LogP contribution is -2.39. The van der Waals surface area contributed by atoms with Gasteiger partial charge in [-0.2, -0.15) is 0 Å². The summed E-state index contributed by atoms with van der Waals surface area (Å²) in [5.41, 5.74) is 1.79. The minimum absolute atomic E-state index is 0.0523. The van der Waals surface area contributed by atoms with E-state index in [-0.39, 0.29) is 22.1 Å². The van der Waals surface area contributed by atoms with Crippen molar-refractivity contribution in [1.29, 1.82) is 0 Å². The van der Waals surface area contributed by atoms with Crippen molar-refractivity contribution in [3.05, 3.63) is 33.9 Å². The van der Waals surface area contributed by atoms with Crippen molar-refractivity contribution in [2.75, 3.05) is 11.9 Å². The van der Waals surface area contributed by atoms with Gasteiger partial charge in [-0.1, -0.05) is 42.8 Å². The fraction of sp³-hybridized carbons (Fsp3) is 0.571. The second kappa shape index (κ2) is 5.90. The molecule has 4 nitrogen and oxygen atoms in total. The minimum atomic E-state index is -0.312. The first-order valence-corrected chi connectivity index (χ1v) is 7.36. The largest absolute Gasteiger partial charge is 0.366 e. The SMILES string of the molecule is CC(N(C)c1ccc(CBr)cc1[N+](=O)[O-])C(C)(C)C. The van der Waals surface area contributed by atoms with Gasteiger partial charge in [-0.25, -0.2) is 0 Å². The zero-order valence-corrected chi connectivity index (χ0v) is 13.7. The number of hydrogen-bond donors (Lipinski definition) is 0. The molecule has 0 aromatic heterocycles. The third-order valence-corrected chi connectivity index (χ3v) is 4.25. The van der Waals surface area contributed by atoms with Gasteiger partial charge in [-0.15, -0.1) is 0 Å². The van der Waals surface area contributed by atoms with E-state index in [0.29, 0.717) is 11.0 Å². The number of rotatable bonds is 4. The molecular weight excluding hydrogens is 308 g/mol. The molecule has 0 aliphatic carbocycles. The standard InChI is InChI=1S/C14H21BrN2O2/c1-10(14(2,3)4)16(5)12-7-6-11(9-15)8-13(12)17(18)19/h6-8,10H,9H2,1-5H3. The Bertz CT molecular complexity index is 469. The molecule has 1 rings (SSSR count). The second-order valence-electron chi connectivity index (χ2n) is 5.87. The van der Waals surface area contributed by atoms with E-state index in [2.05, 4.69) is 43.6 Å². The third-order valence-electron chi connectivity index (χ3n) is 3.61. The molecule has 0 aliphatic rings. The third kappa shape index (κ3) is 3.69. The lowest BCUT2D eigenvalue weighted by molar-refractivity contribution is -0.384. The monoisotopic (exact) mass is 328 g/mol. The topological polar surface area (TPSA) is 46.4 Å². The van der Waals surface area contributed by atoms with Crippen LogP contribution in [0.5, 0.6) is 0 Å². The van der Waals surface area contributed by atoms with E-state index < -0.39 is 0 Å². The maximum absolute atomic E-state index is 11.2. The van der Waals surface area contributed by atoms with Crippen LogP contribution < -0.4 is 4.90 Å². The van der Waals surface area contributed by atoms with Crippen LogP contribution >= 0.6 is 15.9 Å². The zero-order valence-electron chi connectivity index (χ0n) is 12.1. The van der Waals surface area contributed by atoms with E-state index in [9.17, 15) is 10.1 Å². The summed E-state index contributed by atoms with van der Waals surface area (Å²) in [6.45, 7) is 8.48. The summed E-state index contributed by atoms with van der Waals surface area (Å²) in [6.07, 6.45) is 0. The average molecular weight is 329 g/mol. The van der Waals surface area contributed by atoms with Crippen LogP contribution in [0.2, 0.25) is 0 Å². The Kier molecular flexibility index (Phi) is 4.96. The van der Waals surface area contributed by atoms with Crippen LogP contribution in [0.15, 0.2) is 18.2 Å². The molecule has 0 radical (unpaired) electrons. The molecule has 5 heteroatoms. The average Bonchev–Trinajstić information content (AvgIpc) is 2.35. The summed E-state index contributed by atoms with van der Waals surface area (Å²) >= 11 is 3.33. The van der Waals surface area contributed by atoms with E-state index in [1.165, 1.54) is 0 Å². The fourth-order valence-electron chi connectivity index (χ4n) is 1.89. The number of nitro benzene ring substituents is 1. The van der Waals surface area contributed by atoms with E-state index in [1.807, 2.05) is 24.1 Å². The van der Waals surface area contributed by atoms with E-state index in [1.54, 1.807) is 6.07 Å². The van der Waals surface area contributed by atoms with Crippen molar-refractivity contribution in [2.24, 2.45) is 5.41 Å². The summed E-state index contributed by atoms with van der Waals surface area (Å²) in [5, 5.41) is 11.8. The highest BCUT2D eigenvalue weighted by Gasteiger charge is 2.28. The molecule has 0 saturated carbocycles. The van der Waals surface area contributed by atoms with Gasteiger partial charge < -0.3 is 4.90 Å². The van der Waals surface area contributed by atoms with Crippen molar-refractivity contribution < 1.29 is 4.92 Å². The first-order chi connectivity index (χ1) is 8.68. The van der Waals surface area contributed by atoms with Crippen LogP contribution in [0.3, 0.4) is 0 Å². The predicted octanol–water partition coefficient (Wildman–Crippen LogP) is 4.36. The molecule has 0 amide bonds. The Hall–Kier alpha value is -1.10. The van der Waals surface area contributed by atoms with Crippen LogP contribution in [-0.4, -0.2) is 18.0 Å². The second-order valence-corrected chi connectivity index (χ2v) is 6.43. The molecule has 19 heavy (non-hydrogen) atoms. The van der Waals surface area contributed by atoms with Crippen LogP contribution in [-0.2, 0) is 5.33 Å². The Morgan fingerprint density at radius 2 is 2.00 bits per heavy atom. The quantitative estimate of drug-likeness (QED) is 0.468. The van der Waals surface area contributed by atoms with Gasteiger partial charge >= 0.3 is 0 Å². The smallest absolute Gasteiger partial charge is 0.292 e. The fourth-order valence-corrected chi connectivity index (χ4v) is 2.23. The Balaban J connectivity index is 3.23. The number of nitro groups is 1. The molecule has 1 unspecified atom stereocenters. The maximum atomic E-state index is 11.2. The van der Waals surface area contributed by atoms with Gasteiger partial charge in [0.15, 0.2) is 0 Å². The van der Waals surface area contributed by atoms with Gasteiger partial charge in [0, 0.05) is 24.5 Å². The molecule has 0 aliphatic heterocycles. The highest BCUT2D eigenvalue weighted by atomic mass is 79.9. The van der Waals surface area contributed by atoms with Crippen molar-refractivity contribution in [1.82, 2.24) is 0 Å². The Morgan fingerprint density at radius 3 is 2.42 bits per heavy atom. The van der Waals surface area contributed by atoms with Gasteiger partial charge in [-0.3, -0.25) is 10.1 Å². The molecule has 0 saturated heterocycles. The van der Waals surface area contributed by atoms with Crippen LogP contribution in [0.25, 0.3) is 0 Å². The summed E-state index contributed by atoms with van der Waals surface area (Å²) < 4.78 is 0. The molecule has 0 spiro atoms. The number of nitrogens with zero attached hydrogens (tertiary/aromatic N) is 2. The number of anilines is 1. The summed E-state index contributed by atoms with van der Waals surface area (Å²) in [7, 11) is 1.91. The van der Waals surface area contributed by atoms with E-state index in [0.717, 1.165) is 5.56 Å². The summed E-state index contributed by atoms with van der Waals surface area (Å²) in [5.74, 6) is 0. The maximum Gasteiger partial charge on any atom is 0.292 e. The highest BCUT2D eigenvalue weighted by molar-refractivity contribution is 9.08. The summed E-state index contributed by atoms with van der Waals surface area (Å²) in [6, 6.07) is 5.58. The van der Waals surface area contributed by atoms with E-state index >= 15 is 0 Å². The van der Waals surface area contributed by atoms with Crippen LogP contribution in [0.1, 0.15) is 33.3 Å². The lowest BCUT2D eigenvalue weighted by Gasteiger charge is -2.36. The van der Waals surface area contributed by atoms with Crippen LogP contribution in [0, 0.1) is 15.5 Å². The van der Waals surface area contributed by atoms with Gasteiger partial charge in [0.2, 0.25) is 0 Å². The molecule has 1 aromatic rings. The highest BCUT2D eigenvalue weighted by Crippen LogP contribution is 2.34. The van der Waals surface area contributed by atoms with Crippen molar-refractivity contribution >= 4 is 27.3 Å². The Morgan fingerprint density at radius 1 is 1.42 bits per heavy atom. The van der Waals surface area contributed by atoms with Crippen molar-refractivity contribution in [2.45, 2.75) is 39.1 Å². The van der Waals surface area contributed by atoms with Gasteiger partial charge in [0.25, 0.3) is 5.69 Å². The molecule has 0 fully saturated rings. The lowest BCUT2D eigenvalue weighted by atomic mass is 9.87. The molecule has 0 N–H and O–H groups in total. The first kappa shape index (κ1) is 16.0.